The van der Waals surface area contributed by atoms with E-state index in [4.69, 9.17) is 4.74 Å². The zero-order valence-corrected chi connectivity index (χ0v) is 14.4. The minimum atomic E-state index is -4.40. The first-order valence-electron chi connectivity index (χ1n) is 8.45. The van der Waals surface area contributed by atoms with Gasteiger partial charge in [-0.2, -0.15) is 13.2 Å². The Morgan fingerprint density at radius 3 is 2.46 bits per heavy atom. The quantitative estimate of drug-likeness (QED) is 0.804. The third-order valence-electron chi connectivity index (χ3n) is 4.50. The van der Waals surface area contributed by atoms with Crippen molar-refractivity contribution in [3.8, 4) is 0 Å². The number of hydrogen-bond donors (Lipinski definition) is 2. The van der Waals surface area contributed by atoms with Gasteiger partial charge >= 0.3 is 12.1 Å². The van der Waals surface area contributed by atoms with Gasteiger partial charge in [-0.15, -0.1) is 0 Å². The van der Waals surface area contributed by atoms with Crippen molar-refractivity contribution in [3.63, 3.8) is 0 Å². The number of ether oxygens (including phenoxy) is 1. The number of benzene rings is 1. The molecule has 2 rings (SSSR count). The Bertz CT molecular complexity index is 624. The van der Waals surface area contributed by atoms with Crippen molar-refractivity contribution < 1.29 is 32.6 Å². The summed E-state index contributed by atoms with van der Waals surface area (Å²) in [6, 6.07) is 3.57. The summed E-state index contributed by atoms with van der Waals surface area (Å²) in [7, 11) is 0. The molecule has 0 bridgehead atoms. The summed E-state index contributed by atoms with van der Waals surface area (Å²) in [5, 5.41) is 11.9. The fourth-order valence-corrected chi connectivity index (χ4v) is 2.98. The van der Waals surface area contributed by atoms with E-state index < -0.39 is 35.6 Å². The van der Waals surface area contributed by atoms with E-state index in [0.29, 0.717) is 18.6 Å². The number of aliphatic carboxylic acids is 1. The summed E-state index contributed by atoms with van der Waals surface area (Å²) in [6.07, 6.45) is -2.79. The Kier molecular flexibility index (Phi) is 6.63. The first-order valence-corrected chi connectivity index (χ1v) is 8.45. The van der Waals surface area contributed by atoms with E-state index in [-0.39, 0.29) is 18.9 Å². The van der Waals surface area contributed by atoms with Gasteiger partial charge in [-0.3, -0.25) is 4.79 Å². The number of halogens is 3. The smallest absolute Gasteiger partial charge is 0.416 e. The predicted molar refractivity (Wildman–Crippen MR) is 87.4 cm³/mol. The van der Waals surface area contributed by atoms with Gasteiger partial charge < -0.3 is 15.2 Å². The van der Waals surface area contributed by atoms with Crippen molar-refractivity contribution in [3.05, 3.63) is 35.4 Å². The second kappa shape index (κ2) is 8.53. The van der Waals surface area contributed by atoms with Gasteiger partial charge in [0.15, 0.2) is 0 Å². The molecule has 8 heteroatoms. The number of alkyl halides is 3. The van der Waals surface area contributed by atoms with Crippen LogP contribution in [0.2, 0.25) is 0 Å². The third kappa shape index (κ3) is 5.45. The number of carbonyl (C=O) groups excluding carboxylic acids is 1. The highest BCUT2D eigenvalue weighted by atomic mass is 19.4. The molecule has 0 radical (unpaired) electrons. The summed E-state index contributed by atoms with van der Waals surface area (Å²) in [4.78, 5) is 23.8. The normalized spacial score (nSPS) is 20.2. The first kappa shape index (κ1) is 20.2. The SMILES string of the molecule is CC(Cc1ccc(C(F)(F)F)cc1)C(=O)NC(C(=O)O)C1CCCOC1. The lowest BCUT2D eigenvalue weighted by molar-refractivity contribution is -0.145. The molecule has 144 valence electrons. The van der Waals surface area contributed by atoms with Gasteiger partial charge in [0.05, 0.1) is 12.2 Å². The van der Waals surface area contributed by atoms with Crippen LogP contribution in [0.25, 0.3) is 0 Å². The lowest BCUT2D eigenvalue weighted by Crippen LogP contribution is -2.50. The standard InChI is InChI=1S/C18H22F3NO4/c1-11(9-12-4-6-14(7-5-12)18(19,20)21)16(23)22-15(17(24)25)13-3-2-8-26-10-13/h4-7,11,13,15H,2-3,8-10H2,1H3,(H,22,23)(H,24,25). The first-order chi connectivity index (χ1) is 12.2. The Hall–Kier alpha value is -2.09. The summed E-state index contributed by atoms with van der Waals surface area (Å²) < 4.78 is 43.0. The van der Waals surface area contributed by atoms with Crippen molar-refractivity contribution in [2.45, 2.75) is 38.4 Å². The molecule has 0 spiro atoms. The van der Waals surface area contributed by atoms with Crippen LogP contribution in [0.15, 0.2) is 24.3 Å². The van der Waals surface area contributed by atoms with Crippen LogP contribution in [0.3, 0.4) is 0 Å². The van der Waals surface area contributed by atoms with Crippen LogP contribution < -0.4 is 5.32 Å². The molecule has 1 aliphatic heterocycles. The highest BCUT2D eigenvalue weighted by Gasteiger charge is 2.33. The van der Waals surface area contributed by atoms with E-state index in [1.807, 2.05) is 0 Å². The van der Waals surface area contributed by atoms with E-state index in [1.54, 1.807) is 6.92 Å². The fourth-order valence-electron chi connectivity index (χ4n) is 2.98. The number of amides is 1. The maximum Gasteiger partial charge on any atom is 0.416 e. The van der Waals surface area contributed by atoms with E-state index in [1.165, 1.54) is 12.1 Å². The molecule has 0 aliphatic carbocycles. The van der Waals surface area contributed by atoms with Crippen molar-refractivity contribution in [1.82, 2.24) is 5.32 Å². The molecule has 1 amide bonds. The number of nitrogens with one attached hydrogen (secondary N) is 1. The summed E-state index contributed by atoms with van der Waals surface area (Å²) in [5.41, 5.74) is -0.171. The molecule has 1 heterocycles. The van der Waals surface area contributed by atoms with E-state index in [9.17, 15) is 27.9 Å². The van der Waals surface area contributed by atoms with Crippen molar-refractivity contribution in [1.29, 1.82) is 0 Å². The zero-order chi connectivity index (χ0) is 19.3. The number of carbonyl (C=O) groups is 2. The van der Waals surface area contributed by atoms with E-state index in [0.717, 1.165) is 18.6 Å². The molecule has 5 nitrogen and oxygen atoms in total. The highest BCUT2D eigenvalue weighted by molar-refractivity contribution is 5.85. The van der Waals surface area contributed by atoms with Crippen LogP contribution in [-0.4, -0.2) is 36.2 Å². The lowest BCUT2D eigenvalue weighted by Gasteiger charge is -2.28. The summed E-state index contributed by atoms with van der Waals surface area (Å²) in [6.45, 7) is 2.48. The summed E-state index contributed by atoms with van der Waals surface area (Å²) >= 11 is 0. The number of carboxylic acids is 1. The predicted octanol–water partition coefficient (Wildman–Crippen LogP) is 2.88. The Labute approximate surface area is 149 Å². The maximum atomic E-state index is 12.6. The fraction of sp³-hybridized carbons (Fsp3) is 0.556. The Morgan fingerprint density at radius 2 is 1.96 bits per heavy atom. The van der Waals surface area contributed by atoms with E-state index >= 15 is 0 Å². The molecule has 1 saturated heterocycles. The molecule has 1 aliphatic rings. The molecule has 3 atom stereocenters. The molecule has 1 fully saturated rings. The van der Waals surface area contributed by atoms with Crippen molar-refractivity contribution in [2.24, 2.45) is 11.8 Å². The second-order valence-corrected chi connectivity index (χ2v) is 6.60. The van der Waals surface area contributed by atoms with Crippen LogP contribution in [-0.2, 0) is 26.9 Å². The molecule has 2 N–H and O–H groups in total. The molecule has 0 aromatic heterocycles. The minimum absolute atomic E-state index is 0.220. The van der Waals surface area contributed by atoms with Gasteiger partial charge in [0.25, 0.3) is 0 Å². The van der Waals surface area contributed by atoms with Gasteiger partial charge in [0, 0.05) is 18.4 Å². The second-order valence-electron chi connectivity index (χ2n) is 6.60. The van der Waals surface area contributed by atoms with Crippen LogP contribution in [0, 0.1) is 11.8 Å². The molecule has 3 unspecified atom stereocenters. The minimum Gasteiger partial charge on any atom is -0.480 e. The van der Waals surface area contributed by atoms with Crippen LogP contribution in [0.5, 0.6) is 0 Å². The van der Waals surface area contributed by atoms with Crippen LogP contribution >= 0.6 is 0 Å². The number of rotatable bonds is 6. The van der Waals surface area contributed by atoms with Crippen molar-refractivity contribution >= 4 is 11.9 Å². The molecule has 1 aromatic carbocycles. The molecular formula is C18H22F3NO4. The van der Waals surface area contributed by atoms with Crippen molar-refractivity contribution in [2.75, 3.05) is 13.2 Å². The van der Waals surface area contributed by atoms with Crippen LogP contribution in [0.1, 0.15) is 30.9 Å². The van der Waals surface area contributed by atoms with Gasteiger partial charge in [0.1, 0.15) is 6.04 Å². The number of carboxylic acid groups (broad SMARTS) is 1. The van der Waals surface area contributed by atoms with E-state index in [2.05, 4.69) is 5.32 Å². The third-order valence-corrected chi connectivity index (χ3v) is 4.50. The van der Waals surface area contributed by atoms with Gasteiger partial charge in [0.2, 0.25) is 5.91 Å². The molecule has 26 heavy (non-hydrogen) atoms. The maximum absolute atomic E-state index is 12.6. The Balaban J connectivity index is 1.96. The monoisotopic (exact) mass is 373 g/mol. The summed E-state index contributed by atoms with van der Waals surface area (Å²) in [5.74, 6) is -2.42. The van der Waals surface area contributed by atoms with Gasteiger partial charge in [-0.05, 0) is 37.0 Å². The average Bonchev–Trinajstić information content (AvgIpc) is 2.59. The largest absolute Gasteiger partial charge is 0.480 e. The van der Waals surface area contributed by atoms with Gasteiger partial charge in [-0.25, -0.2) is 4.79 Å². The van der Waals surface area contributed by atoms with Crippen LogP contribution in [0.4, 0.5) is 13.2 Å². The average molecular weight is 373 g/mol. The Morgan fingerprint density at radius 1 is 1.31 bits per heavy atom. The molecular weight excluding hydrogens is 351 g/mol. The topological polar surface area (TPSA) is 75.6 Å². The van der Waals surface area contributed by atoms with Gasteiger partial charge in [-0.1, -0.05) is 19.1 Å². The zero-order valence-electron chi connectivity index (χ0n) is 14.4. The highest BCUT2D eigenvalue weighted by Crippen LogP contribution is 2.29. The number of hydrogen-bond acceptors (Lipinski definition) is 3. The molecule has 0 saturated carbocycles. The molecule has 1 aromatic rings. The lowest BCUT2D eigenvalue weighted by atomic mass is 9.92.